The molecule has 0 saturated carbocycles. The van der Waals surface area contributed by atoms with Crippen LogP contribution in [0.5, 0.6) is 0 Å². The highest BCUT2D eigenvalue weighted by Crippen LogP contribution is 2.35. The molecule has 4 aromatic rings. The summed E-state index contributed by atoms with van der Waals surface area (Å²) in [4.78, 5) is 5.86. The SMILES string of the molecule is CCCCCCc1ccsc1-c1cc(-c2cc(F)cc(F)c2)nc(-c2cc(C)[nH]n2)c1. The first-order valence-electron chi connectivity index (χ1n) is 10.6. The minimum atomic E-state index is -0.618. The van der Waals surface area contributed by atoms with Crippen molar-refractivity contribution in [1.82, 2.24) is 15.2 Å². The molecule has 0 aliphatic rings. The molecular weight excluding hydrogens is 412 g/mol. The summed E-state index contributed by atoms with van der Waals surface area (Å²) in [5.74, 6) is -1.24. The van der Waals surface area contributed by atoms with Gasteiger partial charge in [0, 0.05) is 22.2 Å². The van der Waals surface area contributed by atoms with Gasteiger partial charge in [-0.3, -0.25) is 5.10 Å². The molecule has 0 aliphatic carbocycles. The molecule has 4 rings (SSSR count). The summed E-state index contributed by atoms with van der Waals surface area (Å²) in [5, 5.41) is 9.38. The van der Waals surface area contributed by atoms with Crippen molar-refractivity contribution in [2.45, 2.75) is 46.0 Å². The number of aryl methyl sites for hydroxylation is 2. The first kappa shape index (κ1) is 21.4. The first-order chi connectivity index (χ1) is 15.0. The molecule has 3 heterocycles. The van der Waals surface area contributed by atoms with Gasteiger partial charge in [0.25, 0.3) is 0 Å². The summed E-state index contributed by atoms with van der Waals surface area (Å²) in [5.41, 5.74) is 5.53. The number of hydrogen-bond acceptors (Lipinski definition) is 3. The van der Waals surface area contributed by atoms with Crippen LogP contribution in [0.15, 0.2) is 47.8 Å². The van der Waals surface area contributed by atoms with Crippen molar-refractivity contribution >= 4 is 11.3 Å². The fraction of sp³-hybridized carbons (Fsp3) is 0.280. The lowest BCUT2D eigenvalue weighted by Gasteiger charge is -2.10. The van der Waals surface area contributed by atoms with Crippen LogP contribution in [0.3, 0.4) is 0 Å². The van der Waals surface area contributed by atoms with Crippen LogP contribution in [0.1, 0.15) is 43.9 Å². The largest absolute Gasteiger partial charge is 0.282 e. The Morgan fingerprint density at radius 3 is 2.35 bits per heavy atom. The molecular formula is C25H25F2N3S. The fourth-order valence-electron chi connectivity index (χ4n) is 3.72. The van der Waals surface area contributed by atoms with Crippen LogP contribution in [0, 0.1) is 18.6 Å². The van der Waals surface area contributed by atoms with Gasteiger partial charge in [-0.15, -0.1) is 11.3 Å². The highest BCUT2D eigenvalue weighted by atomic mass is 32.1. The van der Waals surface area contributed by atoms with E-state index in [1.165, 1.54) is 41.8 Å². The van der Waals surface area contributed by atoms with Crippen LogP contribution in [0.25, 0.3) is 33.1 Å². The van der Waals surface area contributed by atoms with Gasteiger partial charge in [-0.25, -0.2) is 13.8 Å². The van der Waals surface area contributed by atoms with Crippen LogP contribution >= 0.6 is 11.3 Å². The van der Waals surface area contributed by atoms with Gasteiger partial charge in [0.15, 0.2) is 0 Å². The highest BCUT2D eigenvalue weighted by molar-refractivity contribution is 7.13. The Bertz CT molecular complexity index is 1160. The molecule has 0 amide bonds. The zero-order valence-corrected chi connectivity index (χ0v) is 18.5. The predicted octanol–water partition coefficient (Wildman–Crippen LogP) is 7.58. The van der Waals surface area contributed by atoms with Crippen LogP contribution < -0.4 is 0 Å². The second kappa shape index (κ2) is 9.52. The van der Waals surface area contributed by atoms with Gasteiger partial charge in [-0.1, -0.05) is 26.2 Å². The number of nitrogens with zero attached hydrogens (tertiary/aromatic N) is 2. The van der Waals surface area contributed by atoms with Crippen LogP contribution in [-0.2, 0) is 6.42 Å². The van der Waals surface area contributed by atoms with Crippen LogP contribution in [0.2, 0.25) is 0 Å². The van der Waals surface area contributed by atoms with Gasteiger partial charge in [0.2, 0.25) is 0 Å². The maximum atomic E-state index is 13.9. The van der Waals surface area contributed by atoms with Crippen molar-refractivity contribution in [1.29, 1.82) is 0 Å². The smallest absolute Gasteiger partial charge is 0.126 e. The molecule has 3 nitrogen and oxygen atoms in total. The van der Waals surface area contributed by atoms with E-state index in [1.807, 2.05) is 25.1 Å². The Kier molecular flexibility index (Phi) is 6.56. The quantitative estimate of drug-likeness (QED) is 0.289. The Morgan fingerprint density at radius 1 is 0.871 bits per heavy atom. The third-order valence-corrected chi connectivity index (χ3v) is 6.27. The fourth-order valence-corrected chi connectivity index (χ4v) is 4.66. The lowest BCUT2D eigenvalue weighted by Crippen LogP contribution is -1.94. The molecule has 0 aliphatic heterocycles. The Morgan fingerprint density at radius 2 is 1.65 bits per heavy atom. The maximum absolute atomic E-state index is 13.9. The Balaban J connectivity index is 1.78. The van der Waals surface area contributed by atoms with E-state index in [1.54, 1.807) is 11.3 Å². The maximum Gasteiger partial charge on any atom is 0.126 e. The van der Waals surface area contributed by atoms with Crippen molar-refractivity contribution in [3.05, 3.63) is 70.7 Å². The minimum Gasteiger partial charge on any atom is -0.282 e. The topological polar surface area (TPSA) is 41.6 Å². The number of thiophene rings is 1. The van der Waals surface area contributed by atoms with Crippen molar-refractivity contribution < 1.29 is 8.78 Å². The van der Waals surface area contributed by atoms with E-state index in [0.717, 1.165) is 30.2 Å². The number of aromatic nitrogens is 3. The summed E-state index contributed by atoms with van der Waals surface area (Å²) in [7, 11) is 0. The lowest BCUT2D eigenvalue weighted by molar-refractivity contribution is 0.584. The number of H-pyrrole nitrogens is 1. The number of benzene rings is 1. The molecule has 0 spiro atoms. The van der Waals surface area contributed by atoms with Gasteiger partial charge in [0.05, 0.1) is 11.4 Å². The zero-order chi connectivity index (χ0) is 21.8. The summed E-state index contributed by atoms with van der Waals surface area (Å²) in [6.07, 6.45) is 5.83. The summed E-state index contributed by atoms with van der Waals surface area (Å²) in [6, 6.07) is 11.5. The minimum absolute atomic E-state index is 0.411. The number of aromatic amines is 1. The Hall–Kier alpha value is -2.86. The molecule has 0 saturated heterocycles. The van der Waals surface area contributed by atoms with Gasteiger partial charge < -0.3 is 0 Å². The number of halogens is 2. The molecule has 0 atom stereocenters. The third kappa shape index (κ3) is 5.07. The van der Waals surface area contributed by atoms with Crippen LogP contribution in [-0.4, -0.2) is 15.2 Å². The summed E-state index contributed by atoms with van der Waals surface area (Å²) in [6.45, 7) is 4.14. The molecule has 0 radical (unpaired) electrons. The standard InChI is InChI=1S/C25H25F2N3S/c1-3-4-5-6-7-17-8-9-31-25(17)19-13-22(18-11-20(26)15-21(27)12-18)28-23(14-19)24-10-16(2)29-30-24/h8-15H,3-7H2,1-2H3,(H,29,30). The monoisotopic (exact) mass is 437 g/mol. The Labute approximate surface area is 185 Å². The normalized spacial score (nSPS) is 11.2. The molecule has 0 fully saturated rings. The van der Waals surface area contributed by atoms with E-state index >= 15 is 0 Å². The second-order valence-corrected chi connectivity index (χ2v) is 8.72. The first-order valence-corrected chi connectivity index (χ1v) is 11.5. The summed E-state index contributed by atoms with van der Waals surface area (Å²) >= 11 is 1.68. The number of rotatable bonds is 8. The molecule has 1 aromatic carbocycles. The van der Waals surface area contributed by atoms with E-state index in [-0.39, 0.29) is 0 Å². The average molecular weight is 438 g/mol. The predicted molar refractivity (Wildman–Crippen MR) is 123 cm³/mol. The molecule has 0 bridgehead atoms. The lowest BCUT2D eigenvalue weighted by atomic mass is 10.0. The van der Waals surface area contributed by atoms with Gasteiger partial charge in [-0.2, -0.15) is 5.10 Å². The zero-order valence-electron chi connectivity index (χ0n) is 17.7. The molecule has 0 unspecified atom stereocenters. The number of hydrogen-bond donors (Lipinski definition) is 1. The molecule has 160 valence electrons. The second-order valence-electron chi connectivity index (χ2n) is 7.81. The van der Waals surface area contributed by atoms with E-state index < -0.39 is 11.6 Å². The number of nitrogens with one attached hydrogen (secondary N) is 1. The molecule has 31 heavy (non-hydrogen) atoms. The van der Waals surface area contributed by atoms with Gasteiger partial charge in [0.1, 0.15) is 17.3 Å². The van der Waals surface area contributed by atoms with E-state index in [4.69, 9.17) is 0 Å². The van der Waals surface area contributed by atoms with E-state index in [2.05, 4.69) is 33.6 Å². The van der Waals surface area contributed by atoms with Crippen molar-refractivity contribution in [3.8, 4) is 33.1 Å². The van der Waals surface area contributed by atoms with E-state index in [9.17, 15) is 8.78 Å². The van der Waals surface area contributed by atoms with Gasteiger partial charge >= 0.3 is 0 Å². The van der Waals surface area contributed by atoms with Gasteiger partial charge in [-0.05, 0) is 72.7 Å². The summed E-state index contributed by atoms with van der Waals surface area (Å²) < 4.78 is 27.8. The molecule has 3 aromatic heterocycles. The molecule has 1 N–H and O–H groups in total. The average Bonchev–Trinajstić information content (AvgIpc) is 3.39. The van der Waals surface area contributed by atoms with Crippen LogP contribution in [0.4, 0.5) is 8.78 Å². The number of pyridine rings is 1. The number of unbranched alkanes of at least 4 members (excludes halogenated alkanes) is 3. The van der Waals surface area contributed by atoms with Crippen molar-refractivity contribution in [2.24, 2.45) is 0 Å². The third-order valence-electron chi connectivity index (χ3n) is 5.26. The van der Waals surface area contributed by atoms with Crippen molar-refractivity contribution in [2.75, 3.05) is 0 Å². The highest BCUT2D eigenvalue weighted by Gasteiger charge is 2.15. The molecule has 6 heteroatoms. The van der Waals surface area contributed by atoms with Crippen molar-refractivity contribution in [3.63, 3.8) is 0 Å². The van der Waals surface area contributed by atoms with E-state index in [0.29, 0.717) is 22.6 Å².